The van der Waals surface area contributed by atoms with Crippen molar-refractivity contribution in [1.29, 1.82) is 0 Å². The standard InChI is InChI=1S/C14H18FN3/c1-3-18-12-6-4-5-11(15)13(12)17-14(18)10-8-16-7-9(10)2/h4-6,9-10,16H,3,7-8H2,1-2H3/t9-,10-/m1/s1. The third-order valence-electron chi connectivity index (χ3n) is 3.92. The normalized spacial score (nSPS) is 23.9. The second-order valence-corrected chi connectivity index (χ2v) is 5.06. The third-order valence-corrected chi connectivity index (χ3v) is 3.92. The molecule has 0 saturated carbocycles. The molecule has 0 radical (unpaired) electrons. The van der Waals surface area contributed by atoms with Gasteiger partial charge in [0.1, 0.15) is 11.3 Å². The monoisotopic (exact) mass is 247 g/mol. The van der Waals surface area contributed by atoms with Crippen LogP contribution in [0.5, 0.6) is 0 Å². The van der Waals surface area contributed by atoms with E-state index in [1.54, 1.807) is 6.07 Å². The summed E-state index contributed by atoms with van der Waals surface area (Å²) in [5, 5.41) is 3.38. The van der Waals surface area contributed by atoms with Crippen molar-refractivity contribution < 1.29 is 4.39 Å². The number of rotatable bonds is 2. The molecule has 2 aromatic rings. The molecule has 96 valence electrons. The van der Waals surface area contributed by atoms with Gasteiger partial charge < -0.3 is 9.88 Å². The molecular weight excluding hydrogens is 229 g/mol. The molecule has 1 aromatic heterocycles. The molecule has 1 N–H and O–H groups in total. The highest BCUT2D eigenvalue weighted by Crippen LogP contribution is 2.30. The fraction of sp³-hybridized carbons (Fsp3) is 0.500. The number of imidazole rings is 1. The lowest BCUT2D eigenvalue weighted by atomic mass is 9.97. The van der Waals surface area contributed by atoms with Gasteiger partial charge in [0.15, 0.2) is 5.82 Å². The lowest BCUT2D eigenvalue weighted by Crippen LogP contribution is -2.14. The summed E-state index contributed by atoms with van der Waals surface area (Å²) in [5.74, 6) is 1.74. The molecule has 0 bridgehead atoms. The van der Waals surface area contributed by atoms with E-state index in [0.29, 0.717) is 17.4 Å². The van der Waals surface area contributed by atoms with Gasteiger partial charge in [-0.1, -0.05) is 13.0 Å². The smallest absolute Gasteiger partial charge is 0.151 e. The van der Waals surface area contributed by atoms with E-state index >= 15 is 0 Å². The molecule has 3 rings (SSSR count). The maximum absolute atomic E-state index is 13.8. The number of para-hydroxylation sites is 1. The average molecular weight is 247 g/mol. The Morgan fingerprint density at radius 1 is 1.44 bits per heavy atom. The second kappa shape index (κ2) is 4.35. The van der Waals surface area contributed by atoms with Crippen molar-refractivity contribution in [3.63, 3.8) is 0 Å². The van der Waals surface area contributed by atoms with E-state index in [-0.39, 0.29) is 5.82 Å². The topological polar surface area (TPSA) is 29.9 Å². The lowest BCUT2D eigenvalue weighted by molar-refractivity contribution is 0.522. The van der Waals surface area contributed by atoms with Crippen molar-refractivity contribution in [1.82, 2.24) is 14.9 Å². The molecular formula is C14H18FN3. The van der Waals surface area contributed by atoms with Crippen LogP contribution in [-0.4, -0.2) is 22.6 Å². The maximum atomic E-state index is 13.8. The van der Waals surface area contributed by atoms with E-state index in [4.69, 9.17) is 0 Å². The Kier molecular flexibility index (Phi) is 2.82. The number of hydrogen-bond donors (Lipinski definition) is 1. The van der Waals surface area contributed by atoms with Crippen molar-refractivity contribution in [2.45, 2.75) is 26.3 Å². The van der Waals surface area contributed by atoms with Gasteiger partial charge in [0.2, 0.25) is 0 Å². The Bertz CT molecular complexity index is 576. The minimum Gasteiger partial charge on any atom is -0.328 e. The number of nitrogens with zero attached hydrogens (tertiary/aromatic N) is 2. The van der Waals surface area contributed by atoms with Crippen LogP contribution in [0.2, 0.25) is 0 Å². The summed E-state index contributed by atoms with van der Waals surface area (Å²) in [5.41, 5.74) is 1.42. The summed E-state index contributed by atoms with van der Waals surface area (Å²) in [4.78, 5) is 4.56. The van der Waals surface area contributed by atoms with Crippen LogP contribution >= 0.6 is 0 Å². The van der Waals surface area contributed by atoms with E-state index in [1.165, 1.54) is 6.07 Å². The molecule has 1 fully saturated rings. The SMILES string of the molecule is CCn1c([C@@H]2CNC[C@H]2C)nc2c(F)cccc21. The summed E-state index contributed by atoms with van der Waals surface area (Å²) in [6.45, 7) is 7.09. The number of benzene rings is 1. The molecule has 0 spiro atoms. The van der Waals surface area contributed by atoms with Gasteiger partial charge in [0, 0.05) is 19.0 Å². The zero-order chi connectivity index (χ0) is 12.7. The van der Waals surface area contributed by atoms with E-state index in [1.807, 2.05) is 6.07 Å². The Morgan fingerprint density at radius 2 is 2.28 bits per heavy atom. The van der Waals surface area contributed by atoms with Crippen molar-refractivity contribution in [3.8, 4) is 0 Å². The summed E-state index contributed by atoms with van der Waals surface area (Å²) >= 11 is 0. The number of fused-ring (bicyclic) bond motifs is 1. The number of hydrogen-bond acceptors (Lipinski definition) is 2. The van der Waals surface area contributed by atoms with Gasteiger partial charge in [-0.2, -0.15) is 0 Å². The van der Waals surface area contributed by atoms with Crippen molar-refractivity contribution in [2.24, 2.45) is 5.92 Å². The zero-order valence-corrected chi connectivity index (χ0v) is 10.8. The number of halogens is 1. The van der Waals surface area contributed by atoms with E-state index in [9.17, 15) is 4.39 Å². The van der Waals surface area contributed by atoms with Gasteiger partial charge in [-0.25, -0.2) is 9.37 Å². The van der Waals surface area contributed by atoms with Crippen LogP contribution in [0.3, 0.4) is 0 Å². The van der Waals surface area contributed by atoms with Crippen molar-refractivity contribution in [3.05, 3.63) is 29.8 Å². The van der Waals surface area contributed by atoms with Gasteiger partial charge in [0.05, 0.1) is 5.52 Å². The molecule has 0 aliphatic carbocycles. The zero-order valence-electron chi connectivity index (χ0n) is 10.8. The van der Waals surface area contributed by atoms with Crippen molar-refractivity contribution in [2.75, 3.05) is 13.1 Å². The van der Waals surface area contributed by atoms with Crippen LogP contribution in [0, 0.1) is 11.7 Å². The minimum atomic E-state index is -0.223. The lowest BCUT2D eigenvalue weighted by Gasteiger charge is -2.15. The highest BCUT2D eigenvalue weighted by molar-refractivity contribution is 5.76. The Hall–Kier alpha value is -1.42. The first-order chi connectivity index (χ1) is 8.72. The number of aryl methyl sites for hydroxylation is 1. The summed E-state index contributed by atoms with van der Waals surface area (Å²) < 4.78 is 16.0. The quantitative estimate of drug-likeness (QED) is 0.883. The first kappa shape index (κ1) is 11.7. The van der Waals surface area contributed by atoms with Crippen LogP contribution in [0.1, 0.15) is 25.6 Å². The number of nitrogens with one attached hydrogen (secondary N) is 1. The molecule has 1 aliphatic rings. The Balaban J connectivity index is 2.19. The van der Waals surface area contributed by atoms with Gasteiger partial charge >= 0.3 is 0 Å². The maximum Gasteiger partial charge on any atom is 0.151 e. The molecule has 0 unspecified atom stereocenters. The Morgan fingerprint density at radius 3 is 2.94 bits per heavy atom. The van der Waals surface area contributed by atoms with Crippen LogP contribution < -0.4 is 5.32 Å². The van der Waals surface area contributed by atoms with Gasteiger partial charge in [-0.05, 0) is 31.5 Å². The average Bonchev–Trinajstić information content (AvgIpc) is 2.92. The van der Waals surface area contributed by atoms with Crippen LogP contribution in [-0.2, 0) is 6.54 Å². The predicted molar refractivity (Wildman–Crippen MR) is 70.1 cm³/mol. The third kappa shape index (κ3) is 1.63. The summed E-state index contributed by atoms with van der Waals surface area (Å²) in [6.07, 6.45) is 0. The van der Waals surface area contributed by atoms with Crippen molar-refractivity contribution >= 4 is 11.0 Å². The van der Waals surface area contributed by atoms with Gasteiger partial charge in [0.25, 0.3) is 0 Å². The summed E-state index contributed by atoms with van der Waals surface area (Å²) in [6, 6.07) is 5.19. The number of aromatic nitrogens is 2. The van der Waals surface area contributed by atoms with Gasteiger partial charge in [-0.15, -0.1) is 0 Å². The van der Waals surface area contributed by atoms with Gasteiger partial charge in [-0.3, -0.25) is 0 Å². The fourth-order valence-corrected chi connectivity index (χ4v) is 2.90. The van der Waals surface area contributed by atoms with Crippen LogP contribution in [0.15, 0.2) is 18.2 Å². The van der Waals surface area contributed by atoms with E-state index < -0.39 is 0 Å². The fourth-order valence-electron chi connectivity index (χ4n) is 2.90. The molecule has 2 atom stereocenters. The Labute approximate surface area is 106 Å². The largest absolute Gasteiger partial charge is 0.328 e. The minimum absolute atomic E-state index is 0.223. The molecule has 1 saturated heterocycles. The molecule has 0 amide bonds. The summed E-state index contributed by atoms with van der Waals surface area (Å²) in [7, 11) is 0. The van der Waals surface area contributed by atoms with Crippen LogP contribution in [0.25, 0.3) is 11.0 Å². The molecule has 18 heavy (non-hydrogen) atoms. The highest BCUT2D eigenvalue weighted by atomic mass is 19.1. The molecule has 4 heteroatoms. The first-order valence-corrected chi connectivity index (χ1v) is 6.57. The first-order valence-electron chi connectivity index (χ1n) is 6.57. The second-order valence-electron chi connectivity index (χ2n) is 5.06. The predicted octanol–water partition coefficient (Wildman–Crippen LogP) is 2.52. The van der Waals surface area contributed by atoms with E-state index in [2.05, 4.69) is 28.7 Å². The van der Waals surface area contributed by atoms with Crippen LogP contribution in [0.4, 0.5) is 4.39 Å². The molecule has 3 nitrogen and oxygen atoms in total. The molecule has 1 aromatic carbocycles. The molecule has 2 heterocycles. The highest BCUT2D eigenvalue weighted by Gasteiger charge is 2.29. The molecule has 1 aliphatic heterocycles. The van der Waals surface area contributed by atoms with E-state index in [0.717, 1.165) is 31.0 Å².